The number of nitrogen functional groups attached to an aromatic ring is 1. The van der Waals surface area contributed by atoms with Crippen molar-refractivity contribution in [3.8, 4) is 6.07 Å². The van der Waals surface area contributed by atoms with Gasteiger partial charge < -0.3 is 11.1 Å². The van der Waals surface area contributed by atoms with E-state index in [9.17, 15) is 4.79 Å². The van der Waals surface area contributed by atoms with Gasteiger partial charge in [-0.25, -0.2) is 0 Å². The van der Waals surface area contributed by atoms with Crippen LogP contribution in [0.2, 0.25) is 0 Å². The third-order valence-electron chi connectivity index (χ3n) is 3.57. The number of amides is 1. The highest BCUT2D eigenvalue weighted by atomic mass is 16.2. The first-order valence-electron chi connectivity index (χ1n) is 7.19. The van der Waals surface area contributed by atoms with E-state index in [0.29, 0.717) is 12.2 Å². The van der Waals surface area contributed by atoms with Crippen molar-refractivity contribution in [1.29, 1.82) is 5.26 Å². The van der Waals surface area contributed by atoms with Gasteiger partial charge in [-0.3, -0.25) is 9.69 Å². The van der Waals surface area contributed by atoms with Gasteiger partial charge in [0, 0.05) is 17.9 Å². The molecule has 5 nitrogen and oxygen atoms in total. The SMILES string of the molecule is CCN(CC(C)C#N)C(C)C(=O)Nc1ccc(N)cc1C. The Morgan fingerprint density at radius 1 is 1.48 bits per heavy atom. The molecule has 2 atom stereocenters. The lowest BCUT2D eigenvalue weighted by molar-refractivity contribution is -0.120. The number of nitriles is 1. The lowest BCUT2D eigenvalue weighted by atomic mass is 10.1. The molecule has 0 saturated carbocycles. The normalized spacial score (nSPS) is 13.5. The maximum absolute atomic E-state index is 12.4. The number of hydrogen-bond donors (Lipinski definition) is 2. The molecule has 0 aliphatic carbocycles. The molecule has 0 heterocycles. The number of carbonyl (C=O) groups is 1. The molecule has 114 valence electrons. The van der Waals surface area contributed by atoms with E-state index in [4.69, 9.17) is 11.0 Å². The number of carbonyl (C=O) groups excluding carboxylic acids is 1. The Morgan fingerprint density at radius 3 is 2.67 bits per heavy atom. The van der Waals surface area contributed by atoms with Gasteiger partial charge in [0.2, 0.25) is 5.91 Å². The number of nitrogens with two attached hydrogens (primary N) is 1. The van der Waals surface area contributed by atoms with Crippen LogP contribution in [-0.4, -0.2) is 29.9 Å². The monoisotopic (exact) mass is 288 g/mol. The second-order valence-corrected chi connectivity index (χ2v) is 5.36. The first kappa shape index (κ1) is 17.0. The number of rotatable bonds is 6. The van der Waals surface area contributed by atoms with Crippen LogP contribution in [0.25, 0.3) is 0 Å². The van der Waals surface area contributed by atoms with Gasteiger partial charge in [0.15, 0.2) is 0 Å². The van der Waals surface area contributed by atoms with Gasteiger partial charge in [-0.2, -0.15) is 5.26 Å². The number of nitrogens with one attached hydrogen (secondary N) is 1. The molecule has 0 fully saturated rings. The van der Waals surface area contributed by atoms with Crippen LogP contribution in [0.4, 0.5) is 11.4 Å². The maximum atomic E-state index is 12.4. The summed E-state index contributed by atoms with van der Waals surface area (Å²) in [5, 5.41) is 11.8. The molecule has 0 aromatic heterocycles. The van der Waals surface area contributed by atoms with Gasteiger partial charge in [0.25, 0.3) is 0 Å². The molecular formula is C16H24N4O. The van der Waals surface area contributed by atoms with Crippen LogP contribution in [0.3, 0.4) is 0 Å². The van der Waals surface area contributed by atoms with E-state index in [-0.39, 0.29) is 17.9 Å². The van der Waals surface area contributed by atoms with Gasteiger partial charge in [0.1, 0.15) is 0 Å². The van der Waals surface area contributed by atoms with Gasteiger partial charge in [0.05, 0.1) is 18.0 Å². The summed E-state index contributed by atoms with van der Waals surface area (Å²) in [5.74, 6) is -0.173. The second-order valence-electron chi connectivity index (χ2n) is 5.36. The van der Waals surface area contributed by atoms with Crippen molar-refractivity contribution in [2.24, 2.45) is 5.92 Å². The zero-order valence-corrected chi connectivity index (χ0v) is 13.2. The van der Waals surface area contributed by atoms with E-state index < -0.39 is 0 Å². The van der Waals surface area contributed by atoms with E-state index in [1.165, 1.54) is 0 Å². The van der Waals surface area contributed by atoms with Crippen molar-refractivity contribution < 1.29 is 4.79 Å². The van der Waals surface area contributed by atoms with E-state index in [2.05, 4.69) is 11.4 Å². The van der Waals surface area contributed by atoms with Crippen LogP contribution >= 0.6 is 0 Å². The smallest absolute Gasteiger partial charge is 0.241 e. The molecule has 0 radical (unpaired) electrons. The Kier molecular flexibility index (Phi) is 6.19. The summed E-state index contributed by atoms with van der Waals surface area (Å²) in [6.07, 6.45) is 0. The van der Waals surface area contributed by atoms with Crippen molar-refractivity contribution in [3.05, 3.63) is 23.8 Å². The summed E-state index contributed by atoms with van der Waals surface area (Å²) < 4.78 is 0. The fourth-order valence-corrected chi connectivity index (χ4v) is 2.18. The zero-order chi connectivity index (χ0) is 16.0. The molecule has 1 rings (SSSR count). The Balaban J connectivity index is 2.75. The summed E-state index contributed by atoms with van der Waals surface area (Å²) >= 11 is 0. The van der Waals surface area contributed by atoms with Gasteiger partial charge in [-0.15, -0.1) is 0 Å². The molecule has 3 N–H and O–H groups in total. The first-order valence-corrected chi connectivity index (χ1v) is 7.19. The van der Waals surface area contributed by atoms with Crippen molar-refractivity contribution in [2.75, 3.05) is 24.1 Å². The molecule has 1 aromatic carbocycles. The molecule has 0 aliphatic heterocycles. The van der Waals surface area contributed by atoms with E-state index >= 15 is 0 Å². The Morgan fingerprint density at radius 2 is 2.14 bits per heavy atom. The van der Waals surface area contributed by atoms with Crippen molar-refractivity contribution in [3.63, 3.8) is 0 Å². The number of hydrogen-bond acceptors (Lipinski definition) is 4. The quantitative estimate of drug-likeness (QED) is 0.787. The zero-order valence-electron chi connectivity index (χ0n) is 13.2. The van der Waals surface area contributed by atoms with Crippen molar-refractivity contribution in [1.82, 2.24) is 4.90 Å². The molecule has 0 bridgehead atoms. The molecule has 0 aliphatic rings. The highest BCUT2D eigenvalue weighted by molar-refractivity contribution is 5.95. The van der Waals surface area contributed by atoms with Crippen LogP contribution < -0.4 is 11.1 Å². The third kappa shape index (κ3) is 4.76. The lowest BCUT2D eigenvalue weighted by Gasteiger charge is -2.27. The van der Waals surface area contributed by atoms with E-state index in [0.717, 1.165) is 17.8 Å². The summed E-state index contributed by atoms with van der Waals surface area (Å²) in [5.41, 5.74) is 8.09. The van der Waals surface area contributed by atoms with Gasteiger partial charge in [-0.05, 0) is 51.1 Å². The Labute approximate surface area is 126 Å². The molecular weight excluding hydrogens is 264 g/mol. The van der Waals surface area contributed by atoms with Crippen molar-refractivity contribution in [2.45, 2.75) is 33.7 Å². The van der Waals surface area contributed by atoms with Crippen LogP contribution in [0.5, 0.6) is 0 Å². The van der Waals surface area contributed by atoms with E-state index in [1.54, 1.807) is 6.07 Å². The fourth-order valence-electron chi connectivity index (χ4n) is 2.18. The van der Waals surface area contributed by atoms with Crippen LogP contribution in [-0.2, 0) is 4.79 Å². The predicted molar refractivity (Wildman–Crippen MR) is 85.7 cm³/mol. The van der Waals surface area contributed by atoms with Crippen LogP contribution in [0.1, 0.15) is 26.3 Å². The standard InChI is InChI=1S/C16H24N4O/c1-5-20(10-11(2)9-17)13(4)16(21)19-15-7-6-14(18)8-12(15)3/h6-8,11,13H,5,10,18H2,1-4H3,(H,19,21). The summed E-state index contributed by atoms with van der Waals surface area (Å²) in [4.78, 5) is 14.3. The Bertz CT molecular complexity index is 536. The first-order chi connectivity index (χ1) is 9.88. The lowest BCUT2D eigenvalue weighted by Crippen LogP contribution is -2.43. The average Bonchev–Trinajstić information content (AvgIpc) is 2.46. The molecule has 2 unspecified atom stereocenters. The van der Waals surface area contributed by atoms with Crippen molar-refractivity contribution >= 4 is 17.3 Å². The number of likely N-dealkylation sites (N-methyl/N-ethyl adjacent to an activating group) is 1. The largest absolute Gasteiger partial charge is 0.399 e. The minimum absolute atomic E-state index is 0.0742. The molecule has 0 saturated heterocycles. The molecule has 21 heavy (non-hydrogen) atoms. The average molecular weight is 288 g/mol. The Hall–Kier alpha value is -2.06. The predicted octanol–water partition coefficient (Wildman–Crippen LogP) is 2.39. The van der Waals surface area contributed by atoms with Crippen LogP contribution in [0.15, 0.2) is 18.2 Å². The minimum Gasteiger partial charge on any atom is -0.399 e. The minimum atomic E-state index is -0.289. The number of aryl methyl sites for hydroxylation is 1. The fraction of sp³-hybridized carbons (Fsp3) is 0.500. The number of benzene rings is 1. The maximum Gasteiger partial charge on any atom is 0.241 e. The molecule has 1 amide bonds. The third-order valence-corrected chi connectivity index (χ3v) is 3.57. The highest BCUT2D eigenvalue weighted by Gasteiger charge is 2.22. The topological polar surface area (TPSA) is 82.2 Å². The second kappa shape index (κ2) is 7.65. The molecule has 0 spiro atoms. The molecule has 5 heteroatoms. The number of anilines is 2. The van der Waals surface area contributed by atoms with Gasteiger partial charge >= 0.3 is 0 Å². The van der Waals surface area contributed by atoms with Crippen LogP contribution in [0, 0.1) is 24.2 Å². The summed E-state index contributed by atoms with van der Waals surface area (Å²) in [7, 11) is 0. The van der Waals surface area contributed by atoms with E-state index in [1.807, 2.05) is 44.7 Å². The van der Waals surface area contributed by atoms with Gasteiger partial charge in [-0.1, -0.05) is 6.92 Å². The number of nitrogens with zero attached hydrogens (tertiary/aromatic N) is 2. The highest BCUT2D eigenvalue weighted by Crippen LogP contribution is 2.18. The summed E-state index contributed by atoms with van der Waals surface area (Å²) in [6, 6.07) is 7.32. The summed E-state index contributed by atoms with van der Waals surface area (Å²) in [6.45, 7) is 8.92. The molecule has 1 aromatic rings.